The van der Waals surface area contributed by atoms with E-state index in [1.165, 1.54) is 6.42 Å². The van der Waals surface area contributed by atoms with Gasteiger partial charge in [0.15, 0.2) is 0 Å². The molecule has 1 fully saturated rings. The summed E-state index contributed by atoms with van der Waals surface area (Å²) in [7, 11) is 0. The lowest BCUT2D eigenvalue weighted by atomic mass is 9.64. The topological polar surface area (TPSA) is 38.0 Å². The van der Waals surface area contributed by atoms with Crippen molar-refractivity contribution in [3.8, 4) is 0 Å². The first kappa shape index (κ1) is 14.6. The van der Waals surface area contributed by atoms with E-state index < -0.39 is 5.60 Å². The minimum absolute atomic E-state index is 0.00853. The molecule has 1 N–H and O–H groups in total. The van der Waals surface area contributed by atoms with Crippen molar-refractivity contribution in [1.82, 2.24) is 9.78 Å². The lowest BCUT2D eigenvalue weighted by Gasteiger charge is -2.46. The van der Waals surface area contributed by atoms with Gasteiger partial charge in [-0.25, -0.2) is 0 Å². The van der Waals surface area contributed by atoms with Gasteiger partial charge in [0.2, 0.25) is 0 Å². The van der Waals surface area contributed by atoms with Crippen molar-refractivity contribution in [1.29, 1.82) is 0 Å². The smallest absolute Gasteiger partial charge is 0.0754 e. The zero-order valence-electron chi connectivity index (χ0n) is 12.8. The van der Waals surface area contributed by atoms with E-state index in [0.29, 0.717) is 12.5 Å². The van der Waals surface area contributed by atoms with Gasteiger partial charge in [0.05, 0.1) is 11.3 Å². The summed E-state index contributed by atoms with van der Waals surface area (Å²) in [5.74, 6) is 0. The molecule has 0 bridgehead atoms. The normalized spacial score (nSPS) is 28.3. The van der Waals surface area contributed by atoms with E-state index in [0.717, 1.165) is 31.4 Å². The maximum Gasteiger partial charge on any atom is 0.0754 e. The van der Waals surface area contributed by atoms with E-state index in [1.807, 2.05) is 10.9 Å². The van der Waals surface area contributed by atoms with Gasteiger partial charge in [-0.15, -0.1) is 0 Å². The highest BCUT2D eigenvalue weighted by molar-refractivity contribution is 5.09. The van der Waals surface area contributed by atoms with Crippen molar-refractivity contribution >= 4 is 0 Å². The van der Waals surface area contributed by atoms with Gasteiger partial charge >= 0.3 is 0 Å². The van der Waals surface area contributed by atoms with Crippen LogP contribution in [0, 0.1) is 5.41 Å². The second-order valence-corrected chi connectivity index (χ2v) is 6.84. The molecular formula is C16H28N2O. The van der Waals surface area contributed by atoms with E-state index in [2.05, 4.69) is 38.9 Å². The fourth-order valence-corrected chi connectivity index (χ4v) is 3.09. The average Bonchev–Trinajstić information content (AvgIpc) is 2.80. The largest absolute Gasteiger partial charge is 0.389 e. The molecule has 0 saturated heterocycles. The molecule has 3 heteroatoms. The van der Waals surface area contributed by atoms with Crippen LogP contribution in [0.1, 0.15) is 71.5 Å². The Morgan fingerprint density at radius 3 is 2.68 bits per heavy atom. The molecule has 0 spiro atoms. The van der Waals surface area contributed by atoms with Crippen LogP contribution in [0.4, 0.5) is 0 Å². The second-order valence-electron chi connectivity index (χ2n) is 6.84. The summed E-state index contributed by atoms with van der Waals surface area (Å²) in [6.45, 7) is 8.73. The maximum atomic E-state index is 11.0. The zero-order chi connectivity index (χ0) is 14.1. The molecule has 2 rings (SSSR count). The molecule has 1 aliphatic rings. The molecule has 0 radical (unpaired) electrons. The Hall–Kier alpha value is -0.830. The van der Waals surface area contributed by atoms with Gasteiger partial charge < -0.3 is 5.11 Å². The highest BCUT2D eigenvalue weighted by Gasteiger charge is 2.45. The number of hydrogen-bond donors (Lipinski definition) is 1. The number of rotatable bonds is 4. The standard InChI is InChI=1S/C16H28N2O/c1-5-13(2)18-11-8-14(17-18)12-16(19)10-7-6-9-15(16,3)4/h8,11,13,19H,5-7,9-10,12H2,1-4H3. The maximum absolute atomic E-state index is 11.0. The fraction of sp³-hybridized carbons (Fsp3) is 0.812. The quantitative estimate of drug-likeness (QED) is 0.900. The van der Waals surface area contributed by atoms with E-state index >= 15 is 0 Å². The predicted molar refractivity (Wildman–Crippen MR) is 78.1 cm³/mol. The molecule has 3 nitrogen and oxygen atoms in total. The first-order chi connectivity index (χ1) is 8.88. The van der Waals surface area contributed by atoms with Crippen LogP contribution >= 0.6 is 0 Å². The molecule has 0 amide bonds. The predicted octanol–water partition coefficient (Wildman–Crippen LogP) is 3.73. The van der Waals surface area contributed by atoms with Crippen LogP contribution in [0.3, 0.4) is 0 Å². The molecule has 2 atom stereocenters. The van der Waals surface area contributed by atoms with Crippen LogP contribution < -0.4 is 0 Å². The van der Waals surface area contributed by atoms with E-state index in [1.54, 1.807) is 0 Å². The number of hydrogen-bond acceptors (Lipinski definition) is 2. The third kappa shape index (κ3) is 2.86. The molecule has 1 aliphatic carbocycles. The third-order valence-corrected chi connectivity index (χ3v) is 5.08. The molecule has 1 aromatic heterocycles. The SMILES string of the molecule is CCC(C)n1ccc(CC2(O)CCCCC2(C)C)n1. The Labute approximate surface area is 117 Å². The second kappa shape index (κ2) is 5.28. The van der Waals surface area contributed by atoms with Crippen molar-refractivity contribution < 1.29 is 5.11 Å². The Kier molecular flexibility index (Phi) is 4.05. The summed E-state index contributed by atoms with van der Waals surface area (Å²) < 4.78 is 2.02. The molecule has 1 heterocycles. The van der Waals surface area contributed by atoms with E-state index in [-0.39, 0.29) is 5.41 Å². The van der Waals surface area contributed by atoms with Gasteiger partial charge in [-0.05, 0) is 37.7 Å². The summed E-state index contributed by atoms with van der Waals surface area (Å²) >= 11 is 0. The van der Waals surface area contributed by atoms with Gasteiger partial charge in [0.1, 0.15) is 0 Å². The zero-order valence-corrected chi connectivity index (χ0v) is 12.8. The summed E-state index contributed by atoms with van der Waals surface area (Å²) in [6, 6.07) is 2.50. The van der Waals surface area contributed by atoms with Crippen molar-refractivity contribution in [3.05, 3.63) is 18.0 Å². The van der Waals surface area contributed by atoms with Gasteiger partial charge in [-0.1, -0.05) is 33.6 Å². The van der Waals surface area contributed by atoms with Crippen LogP contribution in [-0.4, -0.2) is 20.5 Å². The Morgan fingerprint density at radius 2 is 2.05 bits per heavy atom. The number of aliphatic hydroxyl groups is 1. The average molecular weight is 264 g/mol. The minimum Gasteiger partial charge on any atom is -0.389 e. The number of nitrogens with zero attached hydrogens (tertiary/aromatic N) is 2. The summed E-state index contributed by atoms with van der Waals surface area (Å²) in [5, 5.41) is 15.7. The molecule has 2 unspecified atom stereocenters. The van der Waals surface area contributed by atoms with Crippen LogP contribution in [0.15, 0.2) is 12.3 Å². The molecule has 19 heavy (non-hydrogen) atoms. The molecule has 0 aliphatic heterocycles. The Balaban J connectivity index is 2.13. The van der Waals surface area contributed by atoms with Crippen LogP contribution in [0.2, 0.25) is 0 Å². The molecule has 108 valence electrons. The van der Waals surface area contributed by atoms with Crippen LogP contribution in [0.5, 0.6) is 0 Å². The van der Waals surface area contributed by atoms with E-state index in [9.17, 15) is 5.11 Å². The van der Waals surface area contributed by atoms with Crippen LogP contribution in [-0.2, 0) is 6.42 Å². The molecule has 1 saturated carbocycles. The van der Waals surface area contributed by atoms with Gasteiger partial charge in [0, 0.05) is 18.7 Å². The Morgan fingerprint density at radius 1 is 1.37 bits per heavy atom. The summed E-state index contributed by atoms with van der Waals surface area (Å²) in [5.41, 5.74) is 0.420. The van der Waals surface area contributed by atoms with Gasteiger partial charge in [-0.3, -0.25) is 4.68 Å². The highest BCUT2D eigenvalue weighted by atomic mass is 16.3. The van der Waals surface area contributed by atoms with Gasteiger partial charge in [0.25, 0.3) is 0 Å². The molecule has 0 aromatic carbocycles. The van der Waals surface area contributed by atoms with E-state index in [4.69, 9.17) is 0 Å². The fourth-order valence-electron chi connectivity index (χ4n) is 3.09. The lowest BCUT2D eigenvalue weighted by molar-refractivity contribution is -0.0964. The minimum atomic E-state index is -0.597. The van der Waals surface area contributed by atoms with Crippen molar-refractivity contribution in [3.63, 3.8) is 0 Å². The molecule has 1 aromatic rings. The highest BCUT2D eigenvalue weighted by Crippen LogP contribution is 2.45. The first-order valence-electron chi connectivity index (χ1n) is 7.64. The van der Waals surface area contributed by atoms with Gasteiger partial charge in [-0.2, -0.15) is 5.10 Å². The first-order valence-corrected chi connectivity index (χ1v) is 7.64. The molecular weight excluding hydrogens is 236 g/mol. The summed E-state index contributed by atoms with van der Waals surface area (Å²) in [6.07, 6.45) is 8.18. The monoisotopic (exact) mass is 264 g/mol. The van der Waals surface area contributed by atoms with Crippen molar-refractivity contribution in [2.45, 2.75) is 77.9 Å². The van der Waals surface area contributed by atoms with Crippen molar-refractivity contribution in [2.75, 3.05) is 0 Å². The lowest BCUT2D eigenvalue weighted by Crippen LogP contribution is -2.48. The number of aromatic nitrogens is 2. The third-order valence-electron chi connectivity index (χ3n) is 5.08. The Bertz CT molecular complexity index is 424. The summed E-state index contributed by atoms with van der Waals surface area (Å²) in [4.78, 5) is 0. The van der Waals surface area contributed by atoms with Crippen molar-refractivity contribution in [2.24, 2.45) is 5.41 Å². The van der Waals surface area contributed by atoms with Crippen LogP contribution in [0.25, 0.3) is 0 Å².